The molecule has 94 valence electrons. The van der Waals surface area contributed by atoms with Gasteiger partial charge in [0.1, 0.15) is 5.75 Å². The first-order chi connectivity index (χ1) is 8.04. The van der Waals surface area contributed by atoms with E-state index in [0.29, 0.717) is 12.2 Å². The number of phenolic OH excluding ortho intramolecular Hbond substituents is 1. The molecule has 4 N–H and O–H groups in total. The molecule has 5 heteroatoms. The second kappa shape index (κ2) is 6.10. The molecule has 0 bridgehead atoms. The number of nitrogen functional groups attached to an aromatic ring is 1. The molecule has 1 aromatic carbocycles. The number of anilines is 1. The van der Waals surface area contributed by atoms with Gasteiger partial charge in [-0.1, -0.05) is 0 Å². The molecule has 0 aliphatic heterocycles. The predicted molar refractivity (Wildman–Crippen MR) is 65.9 cm³/mol. The Morgan fingerprint density at radius 1 is 1.59 bits per heavy atom. The monoisotopic (exact) mass is 238 g/mol. The van der Waals surface area contributed by atoms with Crippen molar-refractivity contribution < 1.29 is 14.6 Å². The van der Waals surface area contributed by atoms with Crippen LogP contribution in [0.25, 0.3) is 0 Å². The average molecular weight is 238 g/mol. The van der Waals surface area contributed by atoms with Crippen molar-refractivity contribution in [2.75, 3.05) is 19.5 Å². The third kappa shape index (κ3) is 3.96. The van der Waals surface area contributed by atoms with Crippen molar-refractivity contribution in [3.63, 3.8) is 0 Å². The van der Waals surface area contributed by atoms with Crippen LogP contribution in [0.15, 0.2) is 18.2 Å². The lowest BCUT2D eigenvalue weighted by atomic mass is 10.1. The molecule has 0 heterocycles. The van der Waals surface area contributed by atoms with Crippen LogP contribution in [-0.2, 0) is 4.74 Å². The summed E-state index contributed by atoms with van der Waals surface area (Å²) in [6, 6.07) is 4.45. The number of benzene rings is 1. The van der Waals surface area contributed by atoms with E-state index < -0.39 is 0 Å². The minimum atomic E-state index is -0.232. The van der Waals surface area contributed by atoms with E-state index in [1.54, 1.807) is 13.2 Å². The summed E-state index contributed by atoms with van der Waals surface area (Å²) in [6.07, 6.45) is 0.739. The fraction of sp³-hybridized carbons (Fsp3) is 0.417. The molecule has 0 aliphatic rings. The van der Waals surface area contributed by atoms with Crippen molar-refractivity contribution in [1.29, 1.82) is 0 Å². The van der Waals surface area contributed by atoms with E-state index in [1.807, 2.05) is 6.92 Å². The first kappa shape index (κ1) is 13.3. The number of methoxy groups -OCH3 is 1. The first-order valence-electron chi connectivity index (χ1n) is 5.43. The molecule has 0 aliphatic carbocycles. The lowest BCUT2D eigenvalue weighted by Gasteiger charge is -2.13. The summed E-state index contributed by atoms with van der Waals surface area (Å²) in [5.41, 5.74) is 6.11. The van der Waals surface area contributed by atoms with Crippen molar-refractivity contribution in [3.05, 3.63) is 23.8 Å². The number of amides is 1. The van der Waals surface area contributed by atoms with Gasteiger partial charge in [-0.25, -0.2) is 0 Å². The van der Waals surface area contributed by atoms with Gasteiger partial charge in [-0.2, -0.15) is 0 Å². The minimum absolute atomic E-state index is 0.0159. The van der Waals surface area contributed by atoms with Crippen LogP contribution in [0.5, 0.6) is 5.75 Å². The third-order valence-electron chi connectivity index (χ3n) is 2.43. The van der Waals surface area contributed by atoms with Crippen molar-refractivity contribution in [2.45, 2.75) is 19.4 Å². The predicted octanol–water partition coefficient (Wildman–Crippen LogP) is 1.13. The highest BCUT2D eigenvalue weighted by Gasteiger charge is 2.10. The Morgan fingerprint density at radius 2 is 2.29 bits per heavy atom. The molecule has 0 saturated carbocycles. The summed E-state index contributed by atoms with van der Waals surface area (Å²) < 4.78 is 4.93. The maximum Gasteiger partial charge on any atom is 0.251 e. The second-order valence-electron chi connectivity index (χ2n) is 3.93. The van der Waals surface area contributed by atoms with E-state index in [4.69, 9.17) is 10.5 Å². The smallest absolute Gasteiger partial charge is 0.251 e. The highest BCUT2D eigenvalue weighted by atomic mass is 16.5. The van der Waals surface area contributed by atoms with Gasteiger partial charge in [-0.15, -0.1) is 0 Å². The molecule has 1 aromatic rings. The van der Waals surface area contributed by atoms with Crippen LogP contribution in [0.4, 0.5) is 5.69 Å². The van der Waals surface area contributed by atoms with E-state index in [0.717, 1.165) is 6.42 Å². The molecule has 17 heavy (non-hydrogen) atoms. The lowest BCUT2D eigenvalue weighted by Crippen LogP contribution is -2.33. The Morgan fingerprint density at radius 3 is 2.88 bits per heavy atom. The van der Waals surface area contributed by atoms with Gasteiger partial charge < -0.3 is 20.9 Å². The van der Waals surface area contributed by atoms with Gasteiger partial charge in [-0.05, 0) is 31.5 Å². The average Bonchev–Trinajstić information content (AvgIpc) is 2.30. The van der Waals surface area contributed by atoms with Gasteiger partial charge in [-0.3, -0.25) is 4.79 Å². The maximum atomic E-state index is 11.8. The van der Waals surface area contributed by atoms with Crippen LogP contribution in [0.1, 0.15) is 23.7 Å². The maximum absolute atomic E-state index is 11.8. The summed E-state index contributed by atoms with van der Waals surface area (Å²) in [6.45, 7) is 2.49. The number of rotatable bonds is 5. The molecular formula is C12H18N2O3. The Hall–Kier alpha value is -1.75. The van der Waals surface area contributed by atoms with Gasteiger partial charge >= 0.3 is 0 Å². The Bertz CT molecular complexity index is 393. The zero-order chi connectivity index (χ0) is 12.8. The van der Waals surface area contributed by atoms with Crippen LogP contribution in [-0.4, -0.2) is 30.8 Å². The van der Waals surface area contributed by atoms with E-state index in [9.17, 15) is 9.90 Å². The zero-order valence-electron chi connectivity index (χ0n) is 10.1. The number of hydrogen-bond donors (Lipinski definition) is 3. The fourth-order valence-electron chi connectivity index (χ4n) is 1.36. The first-order valence-corrected chi connectivity index (χ1v) is 5.43. The van der Waals surface area contributed by atoms with Crippen molar-refractivity contribution >= 4 is 11.6 Å². The molecule has 1 atom stereocenters. The summed E-state index contributed by atoms with van der Waals surface area (Å²) in [5, 5.41) is 12.2. The fourth-order valence-corrected chi connectivity index (χ4v) is 1.36. The van der Waals surface area contributed by atoms with Crippen molar-refractivity contribution in [2.24, 2.45) is 0 Å². The molecule has 1 unspecified atom stereocenters. The third-order valence-corrected chi connectivity index (χ3v) is 2.43. The number of carbonyl (C=O) groups is 1. The molecule has 0 fully saturated rings. The van der Waals surface area contributed by atoms with Crippen molar-refractivity contribution in [3.8, 4) is 5.75 Å². The highest BCUT2D eigenvalue weighted by molar-refractivity contribution is 5.95. The van der Waals surface area contributed by atoms with E-state index >= 15 is 0 Å². The number of phenols is 1. The number of aromatic hydroxyl groups is 1. The van der Waals surface area contributed by atoms with Gasteiger partial charge in [0.25, 0.3) is 5.91 Å². The number of nitrogens with two attached hydrogens (primary N) is 1. The number of carbonyl (C=O) groups excluding carboxylic acids is 1. The normalized spacial score (nSPS) is 12.1. The van der Waals surface area contributed by atoms with Crippen LogP contribution < -0.4 is 11.1 Å². The van der Waals surface area contributed by atoms with E-state index in [-0.39, 0.29) is 23.4 Å². The zero-order valence-corrected chi connectivity index (χ0v) is 10.1. The van der Waals surface area contributed by atoms with Crippen LogP contribution in [0.2, 0.25) is 0 Å². The minimum Gasteiger partial charge on any atom is -0.506 e. The Labute approximate surface area is 101 Å². The van der Waals surface area contributed by atoms with E-state index in [1.165, 1.54) is 12.1 Å². The van der Waals surface area contributed by atoms with Crippen LogP contribution in [0.3, 0.4) is 0 Å². The van der Waals surface area contributed by atoms with Gasteiger partial charge in [0.15, 0.2) is 0 Å². The molecular weight excluding hydrogens is 220 g/mol. The van der Waals surface area contributed by atoms with Crippen LogP contribution >= 0.6 is 0 Å². The highest BCUT2D eigenvalue weighted by Crippen LogP contribution is 2.20. The standard InChI is InChI=1S/C12H18N2O3/c1-8(5-6-17-2)14-12(16)9-3-4-10(13)11(15)7-9/h3-4,7-8,15H,5-6,13H2,1-2H3,(H,14,16). The molecule has 1 rings (SSSR count). The number of hydrogen-bond acceptors (Lipinski definition) is 4. The summed E-state index contributed by atoms with van der Waals surface area (Å²) in [5.74, 6) is -0.314. The number of nitrogens with one attached hydrogen (secondary N) is 1. The summed E-state index contributed by atoms with van der Waals surface area (Å²) >= 11 is 0. The largest absolute Gasteiger partial charge is 0.506 e. The van der Waals surface area contributed by atoms with Crippen LogP contribution in [0, 0.1) is 0 Å². The molecule has 0 saturated heterocycles. The van der Waals surface area contributed by atoms with E-state index in [2.05, 4.69) is 5.32 Å². The topological polar surface area (TPSA) is 84.6 Å². The van der Waals surface area contributed by atoms with Gasteiger partial charge in [0, 0.05) is 25.3 Å². The second-order valence-corrected chi connectivity index (χ2v) is 3.93. The molecule has 0 aromatic heterocycles. The lowest BCUT2D eigenvalue weighted by molar-refractivity contribution is 0.0929. The molecule has 5 nitrogen and oxygen atoms in total. The van der Waals surface area contributed by atoms with Crippen molar-refractivity contribution in [1.82, 2.24) is 5.32 Å². The molecule has 1 amide bonds. The summed E-state index contributed by atoms with van der Waals surface area (Å²) in [4.78, 5) is 11.8. The Kier molecular flexibility index (Phi) is 4.78. The SMILES string of the molecule is COCCC(C)NC(=O)c1ccc(N)c(O)c1. The summed E-state index contributed by atoms with van der Waals surface area (Å²) in [7, 11) is 1.62. The molecule has 0 spiro atoms. The quantitative estimate of drug-likeness (QED) is 0.530. The Balaban J connectivity index is 2.60. The van der Waals surface area contributed by atoms with Gasteiger partial charge in [0.2, 0.25) is 0 Å². The number of ether oxygens (including phenoxy) is 1. The molecule has 0 radical (unpaired) electrons. The van der Waals surface area contributed by atoms with Gasteiger partial charge in [0.05, 0.1) is 5.69 Å².